The van der Waals surface area contributed by atoms with Crippen LogP contribution in [0.1, 0.15) is 10.4 Å². The van der Waals surface area contributed by atoms with Crippen molar-refractivity contribution in [2.75, 3.05) is 0 Å². The summed E-state index contributed by atoms with van der Waals surface area (Å²) < 4.78 is 5.83. The Hall–Kier alpha value is -1.84. The first-order valence-electron chi connectivity index (χ1n) is 7.02. The molecule has 2 nitrogen and oxygen atoms in total. The molecule has 4 heteroatoms. The predicted molar refractivity (Wildman–Crippen MR) is 98.1 cm³/mol. The van der Waals surface area contributed by atoms with Gasteiger partial charge >= 0.3 is 24.8 Å². The van der Waals surface area contributed by atoms with E-state index in [2.05, 4.69) is 0 Å². The van der Waals surface area contributed by atoms with Crippen LogP contribution in [0.2, 0.25) is 0 Å². The fraction of sp³-hybridized carbons (Fsp3) is 0. The molecule has 110 valence electrons. The van der Waals surface area contributed by atoms with Gasteiger partial charge in [0.2, 0.25) is 0 Å². The van der Waals surface area contributed by atoms with E-state index in [9.17, 15) is 4.79 Å². The van der Waals surface area contributed by atoms with Gasteiger partial charge in [0, 0.05) is 10.6 Å². The summed E-state index contributed by atoms with van der Waals surface area (Å²) in [7, 11) is -1.16. The topological polar surface area (TPSA) is 26.3 Å². The van der Waals surface area contributed by atoms with Gasteiger partial charge in [-0.15, -0.1) is 0 Å². The SMILES string of the molecule is O=C(OP(c1ccccc1)c1ccccc1)c1ccccc1.[LiH]. The Kier molecular flexibility index (Phi) is 6.62. The molecule has 0 heterocycles. The van der Waals surface area contributed by atoms with E-state index in [0.717, 1.165) is 10.6 Å². The molecule has 3 aromatic carbocycles. The molecule has 0 aliphatic carbocycles. The predicted octanol–water partition coefficient (Wildman–Crippen LogP) is 3.24. The second kappa shape index (κ2) is 8.70. The molecule has 0 saturated heterocycles. The van der Waals surface area contributed by atoms with Crippen molar-refractivity contribution in [1.29, 1.82) is 0 Å². The van der Waals surface area contributed by atoms with Gasteiger partial charge in [0.05, 0.1) is 5.56 Å². The molecule has 0 aromatic heterocycles. The van der Waals surface area contributed by atoms with Crippen LogP contribution in [-0.4, -0.2) is 24.8 Å². The fourth-order valence-electron chi connectivity index (χ4n) is 2.09. The molecule has 3 aromatic rings. The molecular weight excluding hydrogens is 298 g/mol. The number of hydrogen-bond acceptors (Lipinski definition) is 2. The molecule has 3 rings (SSSR count). The van der Waals surface area contributed by atoms with Gasteiger partial charge in [0.1, 0.15) is 0 Å². The van der Waals surface area contributed by atoms with E-state index >= 15 is 0 Å². The van der Waals surface area contributed by atoms with Gasteiger partial charge in [0.15, 0.2) is 8.15 Å². The van der Waals surface area contributed by atoms with Crippen molar-refractivity contribution < 1.29 is 9.32 Å². The molecular formula is C19H16LiO2P. The molecule has 0 aliphatic rings. The standard InChI is InChI=1S/C19H15O2P.Li.H/c20-19(16-10-4-1-5-11-16)21-22(17-12-6-2-7-13-17)18-14-8-3-9-15-18;;/h1-15H;;. The van der Waals surface area contributed by atoms with Gasteiger partial charge in [-0.2, -0.15) is 0 Å². The molecule has 0 amide bonds. The Labute approximate surface area is 149 Å². The fourth-order valence-corrected chi connectivity index (χ4v) is 3.76. The third-order valence-electron chi connectivity index (χ3n) is 3.17. The van der Waals surface area contributed by atoms with Crippen LogP contribution in [0.3, 0.4) is 0 Å². The van der Waals surface area contributed by atoms with Crippen LogP contribution in [0.4, 0.5) is 0 Å². The van der Waals surface area contributed by atoms with E-state index in [1.165, 1.54) is 0 Å². The molecule has 0 aliphatic heterocycles. The first-order chi connectivity index (χ1) is 10.8. The summed E-state index contributed by atoms with van der Waals surface area (Å²) >= 11 is 0. The van der Waals surface area contributed by atoms with Crippen molar-refractivity contribution in [3.8, 4) is 0 Å². The second-order valence-electron chi connectivity index (χ2n) is 4.71. The van der Waals surface area contributed by atoms with Crippen molar-refractivity contribution in [3.63, 3.8) is 0 Å². The number of hydrogen-bond donors (Lipinski definition) is 0. The summed E-state index contributed by atoms with van der Waals surface area (Å²) in [4.78, 5) is 12.4. The van der Waals surface area contributed by atoms with E-state index < -0.39 is 8.15 Å². The first kappa shape index (κ1) is 17.5. The monoisotopic (exact) mass is 314 g/mol. The zero-order valence-corrected chi connectivity index (χ0v) is 12.8. The van der Waals surface area contributed by atoms with Gasteiger partial charge in [-0.1, -0.05) is 78.9 Å². The quantitative estimate of drug-likeness (QED) is 0.546. The van der Waals surface area contributed by atoms with Crippen molar-refractivity contribution in [3.05, 3.63) is 96.6 Å². The summed E-state index contributed by atoms with van der Waals surface area (Å²) in [6, 6.07) is 28.9. The van der Waals surface area contributed by atoms with E-state index in [1.54, 1.807) is 12.1 Å². The Balaban J connectivity index is 0.00000192. The van der Waals surface area contributed by atoms with Crippen molar-refractivity contribution >= 4 is 43.6 Å². The van der Waals surface area contributed by atoms with Gasteiger partial charge in [0.25, 0.3) is 0 Å². The van der Waals surface area contributed by atoms with Crippen LogP contribution in [-0.2, 0) is 4.52 Å². The van der Waals surface area contributed by atoms with Gasteiger partial charge in [-0.3, -0.25) is 0 Å². The van der Waals surface area contributed by atoms with Crippen LogP contribution in [0.25, 0.3) is 0 Å². The van der Waals surface area contributed by atoms with Gasteiger partial charge < -0.3 is 4.52 Å². The van der Waals surface area contributed by atoms with E-state index in [4.69, 9.17) is 4.52 Å². The van der Waals surface area contributed by atoms with E-state index in [1.807, 2.05) is 78.9 Å². The zero-order valence-electron chi connectivity index (χ0n) is 11.9. The van der Waals surface area contributed by atoms with Crippen LogP contribution in [0.15, 0.2) is 91.0 Å². The van der Waals surface area contributed by atoms with Crippen molar-refractivity contribution in [1.82, 2.24) is 0 Å². The summed E-state index contributed by atoms with van der Waals surface area (Å²) in [6.45, 7) is 0. The molecule has 0 unspecified atom stereocenters. The average Bonchev–Trinajstić information content (AvgIpc) is 2.62. The van der Waals surface area contributed by atoms with Gasteiger partial charge in [-0.25, -0.2) is 4.79 Å². The summed E-state index contributed by atoms with van der Waals surface area (Å²) in [6.07, 6.45) is 0. The van der Waals surface area contributed by atoms with E-state index in [0.29, 0.717) is 5.56 Å². The van der Waals surface area contributed by atoms with Crippen molar-refractivity contribution in [2.24, 2.45) is 0 Å². The molecule has 0 N–H and O–H groups in total. The number of rotatable bonds is 4. The molecule has 0 saturated carbocycles. The molecule has 0 fully saturated rings. The maximum absolute atomic E-state index is 12.4. The molecule has 0 spiro atoms. The third kappa shape index (κ3) is 4.56. The third-order valence-corrected chi connectivity index (χ3v) is 5.05. The average molecular weight is 314 g/mol. The Morgan fingerprint density at radius 1 is 0.652 bits per heavy atom. The first-order valence-corrected chi connectivity index (χ1v) is 8.28. The molecule has 23 heavy (non-hydrogen) atoms. The van der Waals surface area contributed by atoms with Crippen molar-refractivity contribution in [2.45, 2.75) is 0 Å². The second-order valence-corrected chi connectivity index (χ2v) is 6.51. The summed E-state index contributed by atoms with van der Waals surface area (Å²) in [5.41, 5.74) is 0.571. The number of carbonyl (C=O) groups excluding carboxylic acids is 1. The maximum atomic E-state index is 12.4. The molecule has 0 atom stereocenters. The Bertz CT molecular complexity index is 694. The van der Waals surface area contributed by atoms with Crippen LogP contribution in [0, 0.1) is 0 Å². The summed E-state index contributed by atoms with van der Waals surface area (Å²) in [5, 5.41) is 2.04. The molecule has 0 radical (unpaired) electrons. The Morgan fingerprint density at radius 2 is 1.04 bits per heavy atom. The van der Waals surface area contributed by atoms with Crippen LogP contribution >= 0.6 is 8.15 Å². The zero-order chi connectivity index (χ0) is 15.2. The normalized spacial score (nSPS) is 9.96. The minimum absolute atomic E-state index is 0. The Morgan fingerprint density at radius 3 is 1.48 bits per heavy atom. The van der Waals surface area contributed by atoms with Crippen LogP contribution in [0.5, 0.6) is 0 Å². The molecule has 0 bridgehead atoms. The van der Waals surface area contributed by atoms with Crippen LogP contribution < -0.4 is 10.6 Å². The number of carbonyl (C=O) groups is 1. The summed E-state index contributed by atoms with van der Waals surface area (Å²) in [5.74, 6) is -0.292. The van der Waals surface area contributed by atoms with E-state index in [-0.39, 0.29) is 24.8 Å². The number of benzene rings is 3. The minimum atomic E-state index is -1.16. The van der Waals surface area contributed by atoms with Gasteiger partial charge in [-0.05, 0) is 12.1 Å².